The van der Waals surface area contributed by atoms with Gasteiger partial charge in [-0.1, -0.05) is 6.07 Å². The van der Waals surface area contributed by atoms with Crippen molar-refractivity contribution in [3.05, 3.63) is 36.1 Å². The van der Waals surface area contributed by atoms with Crippen molar-refractivity contribution < 1.29 is 9.50 Å². The Balaban J connectivity index is 2.77. The van der Waals surface area contributed by atoms with Gasteiger partial charge in [-0.25, -0.2) is 4.39 Å². The molecule has 0 fully saturated rings. The van der Waals surface area contributed by atoms with Gasteiger partial charge in [-0.05, 0) is 29.7 Å². The van der Waals surface area contributed by atoms with Crippen LogP contribution in [0.3, 0.4) is 0 Å². The number of aromatic hydroxyl groups is 1. The summed E-state index contributed by atoms with van der Waals surface area (Å²) in [4.78, 5) is 0. The summed E-state index contributed by atoms with van der Waals surface area (Å²) in [5, 5.41) is 13.2. The number of hydrogen-bond donors (Lipinski definition) is 2. The van der Waals surface area contributed by atoms with Crippen molar-refractivity contribution >= 4 is 16.5 Å². The van der Waals surface area contributed by atoms with Crippen LogP contribution in [0.25, 0.3) is 10.8 Å². The number of phenols is 1. The van der Waals surface area contributed by atoms with Gasteiger partial charge in [0.05, 0.1) is 5.69 Å². The van der Waals surface area contributed by atoms with E-state index in [9.17, 15) is 9.50 Å². The van der Waals surface area contributed by atoms with Crippen LogP contribution in [0.5, 0.6) is 5.75 Å². The molecule has 2 nitrogen and oxygen atoms in total. The second-order valence-corrected chi connectivity index (χ2v) is 3.08. The molecule has 0 spiro atoms. The van der Waals surface area contributed by atoms with E-state index in [4.69, 9.17) is 0 Å². The molecule has 0 aliphatic rings. The lowest BCUT2D eigenvalue weighted by Crippen LogP contribution is -1.92. The molecule has 0 aliphatic heterocycles. The van der Waals surface area contributed by atoms with Crippen LogP contribution in [-0.4, -0.2) is 12.2 Å². The Hall–Kier alpha value is -1.77. The molecule has 0 saturated carbocycles. The number of phenolic OH excluding ortho intramolecular Hbond substituents is 1. The van der Waals surface area contributed by atoms with Gasteiger partial charge < -0.3 is 10.4 Å². The van der Waals surface area contributed by atoms with Gasteiger partial charge in [0.1, 0.15) is 5.75 Å². The molecule has 72 valence electrons. The molecule has 2 aromatic carbocycles. The second-order valence-electron chi connectivity index (χ2n) is 3.08. The summed E-state index contributed by atoms with van der Waals surface area (Å²) in [7, 11) is 1.67. The van der Waals surface area contributed by atoms with Gasteiger partial charge in [-0.2, -0.15) is 0 Å². The Morgan fingerprint density at radius 1 is 1.21 bits per heavy atom. The number of halogens is 1. The first-order chi connectivity index (χ1) is 6.72. The van der Waals surface area contributed by atoms with Crippen LogP contribution in [0.2, 0.25) is 0 Å². The first-order valence-electron chi connectivity index (χ1n) is 4.31. The molecule has 0 unspecified atom stereocenters. The fraction of sp³-hybridized carbons (Fsp3) is 0.0909. The number of hydrogen-bond acceptors (Lipinski definition) is 2. The Morgan fingerprint density at radius 3 is 2.71 bits per heavy atom. The second kappa shape index (κ2) is 3.18. The first-order valence-corrected chi connectivity index (χ1v) is 4.31. The van der Waals surface area contributed by atoms with Gasteiger partial charge in [0, 0.05) is 12.4 Å². The fourth-order valence-electron chi connectivity index (χ4n) is 1.47. The number of benzene rings is 2. The van der Waals surface area contributed by atoms with E-state index in [-0.39, 0.29) is 11.6 Å². The highest BCUT2D eigenvalue weighted by atomic mass is 19.1. The summed E-state index contributed by atoms with van der Waals surface area (Å²) in [6.07, 6.45) is 0. The summed E-state index contributed by atoms with van der Waals surface area (Å²) >= 11 is 0. The predicted octanol–water partition coefficient (Wildman–Crippen LogP) is 2.73. The summed E-state index contributed by atoms with van der Waals surface area (Å²) in [5.74, 6) is -0.140. The minimum atomic E-state index is -0.287. The van der Waals surface area contributed by atoms with Gasteiger partial charge in [0.2, 0.25) is 0 Å². The SMILES string of the molecule is CNc1ccc2cc(O)ccc2c1F. The van der Waals surface area contributed by atoms with Crippen molar-refractivity contribution in [2.24, 2.45) is 0 Å². The molecule has 2 rings (SSSR count). The van der Waals surface area contributed by atoms with Crippen molar-refractivity contribution in [3.8, 4) is 5.75 Å². The van der Waals surface area contributed by atoms with Crippen molar-refractivity contribution in [2.75, 3.05) is 12.4 Å². The first kappa shape index (κ1) is 8.81. The van der Waals surface area contributed by atoms with E-state index in [2.05, 4.69) is 5.32 Å². The predicted molar refractivity (Wildman–Crippen MR) is 55.1 cm³/mol. The summed E-state index contributed by atoms with van der Waals surface area (Å²) in [6.45, 7) is 0. The molecule has 14 heavy (non-hydrogen) atoms. The zero-order valence-corrected chi connectivity index (χ0v) is 7.71. The topological polar surface area (TPSA) is 32.3 Å². The van der Waals surface area contributed by atoms with Crippen molar-refractivity contribution in [1.29, 1.82) is 0 Å². The van der Waals surface area contributed by atoms with E-state index in [1.54, 1.807) is 25.2 Å². The highest BCUT2D eigenvalue weighted by Gasteiger charge is 2.05. The third-order valence-corrected chi connectivity index (χ3v) is 2.21. The minimum Gasteiger partial charge on any atom is -0.508 e. The largest absolute Gasteiger partial charge is 0.508 e. The van der Waals surface area contributed by atoms with E-state index in [1.165, 1.54) is 12.1 Å². The van der Waals surface area contributed by atoms with Gasteiger partial charge in [0.25, 0.3) is 0 Å². The highest BCUT2D eigenvalue weighted by Crippen LogP contribution is 2.26. The van der Waals surface area contributed by atoms with Crippen molar-refractivity contribution in [1.82, 2.24) is 0 Å². The molecule has 0 amide bonds. The van der Waals surface area contributed by atoms with Gasteiger partial charge in [-0.15, -0.1) is 0 Å². The Bertz CT molecular complexity index is 482. The molecule has 3 heteroatoms. The van der Waals surface area contributed by atoms with Crippen molar-refractivity contribution in [2.45, 2.75) is 0 Å². The summed E-state index contributed by atoms with van der Waals surface area (Å²) in [6, 6.07) is 8.00. The molecule has 0 radical (unpaired) electrons. The van der Waals surface area contributed by atoms with Gasteiger partial charge in [-0.3, -0.25) is 0 Å². The lowest BCUT2D eigenvalue weighted by molar-refractivity contribution is 0.476. The monoisotopic (exact) mass is 191 g/mol. The standard InChI is InChI=1S/C11H10FNO/c1-13-10-5-2-7-6-8(14)3-4-9(7)11(10)12/h2-6,13-14H,1H3. The smallest absolute Gasteiger partial charge is 0.154 e. The van der Waals surface area contributed by atoms with Crippen LogP contribution >= 0.6 is 0 Å². The Kier molecular flexibility index (Phi) is 2.00. The van der Waals surface area contributed by atoms with Gasteiger partial charge >= 0.3 is 0 Å². The maximum atomic E-state index is 13.7. The van der Waals surface area contributed by atoms with Crippen LogP contribution in [-0.2, 0) is 0 Å². The van der Waals surface area contributed by atoms with E-state index < -0.39 is 0 Å². The molecule has 2 N–H and O–H groups in total. The van der Waals surface area contributed by atoms with Crippen LogP contribution < -0.4 is 5.32 Å². The van der Waals surface area contributed by atoms with E-state index in [0.717, 1.165) is 0 Å². The molecule has 0 bridgehead atoms. The zero-order valence-electron chi connectivity index (χ0n) is 7.71. The van der Waals surface area contributed by atoms with Crippen molar-refractivity contribution in [3.63, 3.8) is 0 Å². The molecule has 0 saturated heterocycles. The molecule has 0 atom stereocenters. The molecule has 0 aromatic heterocycles. The normalized spacial score (nSPS) is 10.4. The average molecular weight is 191 g/mol. The molecular formula is C11H10FNO. The maximum Gasteiger partial charge on any atom is 0.154 e. The maximum absolute atomic E-state index is 13.7. The van der Waals surface area contributed by atoms with E-state index in [0.29, 0.717) is 16.5 Å². The lowest BCUT2D eigenvalue weighted by atomic mass is 10.1. The van der Waals surface area contributed by atoms with Crippen LogP contribution in [0.4, 0.5) is 10.1 Å². The highest BCUT2D eigenvalue weighted by molar-refractivity contribution is 5.87. The molecule has 2 aromatic rings. The summed E-state index contributed by atoms with van der Waals surface area (Å²) < 4.78 is 13.7. The van der Waals surface area contributed by atoms with Crippen LogP contribution in [0.15, 0.2) is 30.3 Å². The average Bonchev–Trinajstić information content (AvgIpc) is 2.18. The number of nitrogens with one attached hydrogen (secondary N) is 1. The Morgan fingerprint density at radius 2 is 2.00 bits per heavy atom. The third kappa shape index (κ3) is 1.27. The Labute approximate surface area is 81.0 Å². The molecule has 0 aliphatic carbocycles. The van der Waals surface area contributed by atoms with Crippen LogP contribution in [0.1, 0.15) is 0 Å². The number of rotatable bonds is 1. The minimum absolute atomic E-state index is 0.147. The fourth-order valence-corrected chi connectivity index (χ4v) is 1.47. The zero-order chi connectivity index (χ0) is 10.1. The van der Waals surface area contributed by atoms with Gasteiger partial charge in [0.15, 0.2) is 5.82 Å². The summed E-state index contributed by atoms with van der Waals surface area (Å²) in [5.41, 5.74) is 0.461. The van der Waals surface area contributed by atoms with E-state index >= 15 is 0 Å². The molecule has 0 heterocycles. The molecular weight excluding hydrogens is 181 g/mol. The quantitative estimate of drug-likeness (QED) is 0.726. The third-order valence-electron chi connectivity index (χ3n) is 2.21. The number of fused-ring (bicyclic) bond motifs is 1. The lowest BCUT2D eigenvalue weighted by Gasteiger charge is -2.05. The van der Waals surface area contributed by atoms with Crippen LogP contribution in [0, 0.1) is 5.82 Å². The number of anilines is 1. The van der Waals surface area contributed by atoms with E-state index in [1.807, 2.05) is 0 Å².